The minimum atomic E-state index is -0.728. The topological polar surface area (TPSA) is 114 Å². The summed E-state index contributed by atoms with van der Waals surface area (Å²) in [4.78, 5) is 59.3. The number of thioether (sulfide) groups is 4. The lowest BCUT2D eigenvalue weighted by atomic mass is 10.5. The van der Waals surface area contributed by atoms with Crippen LogP contribution < -0.4 is 0 Å². The van der Waals surface area contributed by atoms with E-state index in [0.29, 0.717) is 17.3 Å². The normalized spacial score (nSPS) is 9.88. The van der Waals surface area contributed by atoms with E-state index in [1.807, 2.05) is 35.2 Å². The zero-order valence-corrected chi connectivity index (χ0v) is 60.4. The molecule has 0 bridgehead atoms. The Kier molecular flexibility index (Phi) is 126. The molecule has 0 rings (SSSR count). The first-order valence-electron chi connectivity index (χ1n) is 25.7. The Bertz CT molecular complexity index is 1090. The Morgan fingerprint density at radius 2 is 0.671 bits per heavy atom. The number of hydrogen-bond acceptors (Lipinski definition) is 20. The first-order chi connectivity index (χ1) is 33.8. The minimum Gasteiger partial charge on any atom is -0.481 e. The second kappa shape index (κ2) is 90.6. The number of carboxylic acids is 1. The highest BCUT2D eigenvalue weighted by Gasteiger charge is 2.00. The molecule has 0 aromatic carbocycles. The van der Waals surface area contributed by atoms with Gasteiger partial charge in [-0.1, -0.05) is 49.0 Å². The fourth-order valence-corrected chi connectivity index (χ4v) is 8.68. The van der Waals surface area contributed by atoms with Crippen LogP contribution >= 0.6 is 135 Å². The largest absolute Gasteiger partial charge is 0.481 e. The molecule has 24 heteroatoms. The molecule has 0 spiro atoms. The van der Waals surface area contributed by atoms with Crippen molar-refractivity contribution in [2.24, 2.45) is 0 Å². The standard InChI is InChI=1S/C9H19NOS.C8H17NOS.C7H15NO2S.C7H15NOS.C6H15NS.2C5H13NS.C4H11NS.CH4.3ClH/c1-4-10(5-2)6-7-12-8-9(3)11;1-8(10)7-11-6-4-5-9(2)3;1-3-8(2)4-5-11-6-7(9)10;1-7(9)6-10-5-4-8(2)3;1-3-7(4-2)5-6-8;1-6(2)4-3-5-7;1-3-6(2)4-5-7;1-5(2)3-4-6;;;;/h4-8H2,1-3H3;4-7H2,1-3H3;3-6H2,1-2H3,(H,9,10);4-6H2,1-3H3;8H,3-6H2,1-2H3;2*7H,3-5H2,1-2H3;6H,3-4H2,1-2H3;1H4;3*1H. The van der Waals surface area contributed by atoms with E-state index < -0.39 is 5.97 Å². The number of thiol groups is 4. The molecular weight excluding hydrogens is 1180 g/mol. The van der Waals surface area contributed by atoms with Gasteiger partial charge in [-0.3, -0.25) is 19.2 Å². The minimum absolute atomic E-state index is 0. The SMILES string of the molecule is C.CC(=O)CSCCCN(C)C.CC(=O)CSCCN(C)C.CCN(C)CCS.CCN(C)CCSCC(=O)O.CCN(CC)CCS.CCN(CC)CCSCC(C)=O.CN(C)CCCS.CN(C)CCS.Cl.Cl.Cl. The quantitative estimate of drug-likeness (QED) is 0.0303. The van der Waals surface area contributed by atoms with Crippen molar-refractivity contribution in [3.63, 3.8) is 0 Å². The molecule has 0 aliphatic rings. The van der Waals surface area contributed by atoms with Crippen molar-refractivity contribution in [2.75, 3.05) is 231 Å². The van der Waals surface area contributed by atoms with Crippen molar-refractivity contribution in [1.82, 2.24) is 39.2 Å². The van der Waals surface area contributed by atoms with Crippen LogP contribution in [0.1, 0.15) is 82.6 Å². The van der Waals surface area contributed by atoms with Crippen molar-refractivity contribution < 1.29 is 24.3 Å². The summed E-state index contributed by atoms with van der Waals surface area (Å²) in [6.07, 6.45) is 2.36. The first-order valence-corrected chi connectivity index (χ1v) is 32.8. The predicted octanol–water partition coefficient (Wildman–Crippen LogP) is 9.91. The van der Waals surface area contributed by atoms with Crippen molar-refractivity contribution in [3.05, 3.63) is 0 Å². The van der Waals surface area contributed by atoms with E-state index in [4.69, 9.17) is 5.11 Å². The maximum absolute atomic E-state index is 10.6. The van der Waals surface area contributed by atoms with Crippen molar-refractivity contribution >= 4 is 158 Å². The Balaban J connectivity index is -0.0000000617. The smallest absolute Gasteiger partial charge is 0.313 e. The third-order valence-electron chi connectivity index (χ3n) is 8.96. The van der Waals surface area contributed by atoms with Crippen molar-refractivity contribution in [1.29, 1.82) is 0 Å². The van der Waals surface area contributed by atoms with Crippen LogP contribution in [-0.4, -0.2) is 299 Å². The number of carboxylic acid groups (broad SMARTS) is 1. The monoisotopic (exact) mass is 1300 g/mol. The van der Waals surface area contributed by atoms with Gasteiger partial charge in [0, 0.05) is 73.8 Å². The van der Waals surface area contributed by atoms with Gasteiger partial charge in [0.25, 0.3) is 0 Å². The molecule has 0 saturated carbocycles. The third kappa shape index (κ3) is 136. The molecule has 0 unspecified atom stereocenters. The van der Waals surface area contributed by atoms with E-state index in [1.54, 1.807) is 56.1 Å². The Morgan fingerprint density at radius 3 is 0.921 bits per heavy atom. The Morgan fingerprint density at radius 1 is 0.368 bits per heavy atom. The lowest BCUT2D eigenvalue weighted by molar-refractivity contribution is -0.134. The molecule has 0 aromatic heterocycles. The summed E-state index contributed by atoms with van der Waals surface area (Å²) in [6, 6.07) is 0. The summed E-state index contributed by atoms with van der Waals surface area (Å²) in [6.45, 7) is 33.2. The van der Waals surface area contributed by atoms with E-state index in [9.17, 15) is 19.2 Å². The fraction of sp³-hybridized carbons (Fsp3) is 0.923. The number of carbonyl (C=O) groups is 4. The van der Waals surface area contributed by atoms with E-state index in [-0.39, 0.29) is 67.8 Å². The van der Waals surface area contributed by atoms with Crippen LogP contribution in [0.3, 0.4) is 0 Å². The summed E-state index contributed by atoms with van der Waals surface area (Å²) in [7, 11) is 20.5. The summed E-state index contributed by atoms with van der Waals surface area (Å²) in [5.41, 5.74) is 0. The molecule has 0 atom stereocenters. The molecule has 0 radical (unpaired) electrons. The lowest BCUT2D eigenvalue weighted by Gasteiger charge is -2.16. The molecule has 0 aromatic rings. The molecular formula is C52H125Cl3N8O5S8. The van der Waals surface area contributed by atoms with E-state index in [0.717, 1.165) is 138 Å². The van der Waals surface area contributed by atoms with Gasteiger partial charge in [0.1, 0.15) is 17.3 Å². The highest BCUT2D eigenvalue weighted by molar-refractivity contribution is 8.00. The summed E-state index contributed by atoms with van der Waals surface area (Å²) >= 11 is 22.9. The second-order valence-corrected chi connectivity index (χ2v) is 23.6. The molecule has 0 fully saturated rings. The lowest BCUT2D eigenvalue weighted by Crippen LogP contribution is -2.25. The molecule has 0 heterocycles. The van der Waals surface area contributed by atoms with Crippen LogP contribution in [0, 0.1) is 0 Å². The molecule has 472 valence electrons. The highest BCUT2D eigenvalue weighted by Crippen LogP contribution is 2.03. The fourth-order valence-electron chi connectivity index (χ4n) is 4.25. The molecule has 0 aliphatic carbocycles. The van der Waals surface area contributed by atoms with E-state index >= 15 is 0 Å². The number of carbonyl (C=O) groups excluding carboxylic acids is 3. The number of halogens is 3. The molecule has 0 aliphatic heterocycles. The number of aliphatic carboxylic acids is 1. The molecule has 13 nitrogen and oxygen atoms in total. The van der Waals surface area contributed by atoms with Crippen molar-refractivity contribution in [3.8, 4) is 0 Å². The highest BCUT2D eigenvalue weighted by atomic mass is 35.5. The number of hydrogen-bond donors (Lipinski definition) is 5. The maximum atomic E-state index is 10.6. The number of nitrogens with zero attached hydrogens (tertiary/aromatic N) is 8. The van der Waals surface area contributed by atoms with Gasteiger partial charge in [-0.15, -0.1) is 49.0 Å². The summed E-state index contributed by atoms with van der Waals surface area (Å²) in [5, 5.41) is 8.30. The van der Waals surface area contributed by atoms with Crippen LogP contribution in [0.2, 0.25) is 0 Å². The van der Waals surface area contributed by atoms with Crippen LogP contribution in [0.5, 0.6) is 0 Å². The van der Waals surface area contributed by atoms with Gasteiger partial charge in [0.15, 0.2) is 0 Å². The van der Waals surface area contributed by atoms with Gasteiger partial charge >= 0.3 is 5.97 Å². The number of rotatable bonds is 36. The molecule has 0 amide bonds. The van der Waals surface area contributed by atoms with Gasteiger partial charge in [-0.2, -0.15) is 85.8 Å². The van der Waals surface area contributed by atoms with Gasteiger partial charge in [0.05, 0.1) is 23.0 Å². The Hall–Kier alpha value is 1.83. The van der Waals surface area contributed by atoms with Crippen molar-refractivity contribution in [2.45, 2.75) is 82.6 Å². The maximum Gasteiger partial charge on any atom is 0.313 e. The van der Waals surface area contributed by atoms with Crippen LogP contribution in [-0.2, 0) is 19.2 Å². The van der Waals surface area contributed by atoms with Gasteiger partial charge in [0.2, 0.25) is 0 Å². The molecule has 1 N–H and O–H groups in total. The number of Topliss-reactive ketones (excluding diaryl/α,β-unsaturated/α-hetero) is 3. The average molecular weight is 1310 g/mol. The molecule has 0 saturated heterocycles. The average Bonchev–Trinajstić information content (AvgIpc) is 3.31. The molecule has 76 heavy (non-hydrogen) atoms. The number of ketones is 3. The van der Waals surface area contributed by atoms with E-state index in [2.05, 4.69) is 166 Å². The van der Waals surface area contributed by atoms with E-state index in [1.165, 1.54) is 24.6 Å². The first kappa shape index (κ1) is 106. The summed E-state index contributed by atoms with van der Waals surface area (Å²) < 4.78 is 0. The van der Waals surface area contributed by atoms with Crippen LogP contribution in [0.25, 0.3) is 0 Å². The van der Waals surface area contributed by atoms with Gasteiger partial charge < -0.3 is 44.3 Å². The van der Waals surface area contributed by atoms with Gasteiger partial charge in [-0.05, 0) is 168 Å². The van der Waals surface area contributed by atoms with Crippen LogP contribution in [0.15, 0.2) is 0 Å². The van der Waals surface area contributed by atoms with Crippen LogP contribution in [0.4, 0.5) is 0 Å². The Labute approximate surface area is 530 Å². The summed E-state index contributed by atoms with van der Waals surface area (Å²) in [5.74, 6) is 10.3. The third-order valence-corrected chi connectivity index (χ3v) is 14.2. The predicted molar refractivity (Wildman–Crippen MR) is 378 cm³/mol. The zero-order chi connectivity index (χ0) is 57.6. The van der Waals surface area contributed by atoms with Gasteiger partial charge in [-0.25, -0.2) is 0 Å². The zero-order valence-electron chi connectivity index (χ0n) is 51.1. The second-order valence-electron chi connectivity index (χ2n) is 17.4.